The summed E-state index contributed by atoms with van der Waals surface area (Å²) in [7, 11) is 0. The van der Waals surface area contributed by atoms with Crippen molar-refractivity contribution >= 4 is 23.6 Å². The van der Waals surface area contributed by atoms with E-state index in [0.29, 0.717) is 6.61 Å². The maximum Gasteiger partial charge on any atom is 0.305 e. The number of thioether (sulfide) groups is 1. The summed E-state index contributed by atoms with van der Waals surface area (Å²) in [5.74, 6) is -1.29. The van der Waals surface area contributed by atoms with Crippen LogP contribution in [0.15, 0.2) is 29.2 Å². The van der Waals surface area contributed by atoms with Gasteiger partial charge in [-0.2, -0.15) is 0 Å². The van der Waals surface area contributed by atoms with Gasteiger partial charge >= 0.3 is 5.97 Å². The van der Waals surface area contributed by atoms with Crippen LogP contribution in [0.3, 0.4) is 0 Å². The lowest BCUT2D eigenvalue weighted by Gasteiger charge is -2.21. The lowest BCUT2D eigenvalue weighted by molar-refractivity contribution is -0.138. The lowest BCUT2D eigenvalue weighted by Crippen LogP contribution is -2.39. The standard InChI is InChI=1S/C18H25NO5S/c1-12(24-11-14-4-3-9-23-14)18(22)19-16(10-17(20)21)13-5-7-15(25-2)8-6-13/h5-8,12,14,16H,3-4,9-11H2,1-2H3,(H,19,22)(H,20,21). The Morgan fingerprint density at radius 1 is 1.40 bits per heavy atom. The largest absolute Gasteiger partial charge is 0.481 e. The van der Waals surface area contributed by atoms with Crippen LogP contribution in [-0.4, -0.2) is 48.7 Å². The lowest BCUT2D eigenvalue weighted by atomic mass is 10.0. The molecule has 7 heteroatoms. The maximum atomic E-state index is 12.4. The third-order valence-electron chi connectivity index (χ3n) is 4.14. The van der Waals surface area contributed by atoms with Crippen LogP contribution in [-0.2, 0) is 19.1 Å². The SMILES string of the molecule is CSc1ccc(C(CC(=O)O)NC(=O)C(C)OCC2CCCO2)cc1. The van der Waals surface area contributed by atoms with Crippen molar-refractivity contribution in [3.8, 4) is 0 Å². The second-order valence-electron chi connectivity index (χ2n) is 6.04. The molecule has 1 heterocycles. The molecule has 0 saturated carbocycles. The third-order valence-corrected chi connectivity index (χ3v) is 4.88. The van der Waals surface area contributed by atoms with Gasteiger partial charge in [0.15, 0.2) is 0 Å². The summed E-state index contributed by atoms with van der Waals surface area (Å²) in [6.45, 7) is 2.78. The fourth-order valence-corrected chi connectivity index (χ4v) is 3.06. The van der Waals surface area contributed by atoms with Gasteiger partial charge in [0.1, 0.15) is 6.10 Å². The van der Waals surface area contributed by atoms with Gasteiger partial charge < -0.3 is 19.9 Å². The van der Waals surface area contributed by atoms with Gasteiger partial charge in [-0.05, 0) is 43.7 Å². The van der Waals surface area contributed by atoms with Crippen LogP contribution in [0.5, 0.6) is 0 Å². The van der Waals surface area contributed by atoms with E-state index in [1.54, 1.807) is 18.7 Å². The molecule has 2 N–H and O–H groups in total. The van der Waals surface area contributed by atoms with E-state index in [9.17, 15) is 9.59 Å². The van der Waals surface area contributed by atoms with Crippen molar-refractivity contribution in [2.75, 3.05) is 19.5 Å². The molecule has 1 aliphatic rings. The minimum Gasteiger partial charge on any atom is -0.481 e. The van der Waals surface area contributed by atoms with Crippen molar-refractivity contribution in [2.24, 2.45) is 0 Å². The van der Waals surface area contributed by atoms with Crippen molar-refractivity contribution in [3.63, 3.8) is 0 Å². The molecule has 6 nitrogen and oxygen atoms in total. The number of benzene rings is 1. The molecule has 1 aromatic carbocycles. The highest BCUT2D eigenvalue weighted by molar-refractivity contribution is 7.98. The molecule has 3 atom stereocenters. The molecule has 0 radical (unpaired) electrons. The smallest absolute Gasteiger partial charge is 0.305 e. The Morgan fingerprint density at radius 2 is 2.12 bits per heavy atom. The van der Waals surface area contributed by atoms with Gasteiger partial charge in [-0.1, -0.05) is 12.1 Å². The summed E-state index contributed by atoms with van der Waals surface area (Å²) in [5.41, 5.74) is 0.764. The second kappa shape index (κ2) is 9.79. The molecule has 0 aliphatic carbocycles. The fourth-order valence-electron chi connectivity index (χ4n) is 2.66. The number of carboxylic acid groups (broad SMARTS) is 1. The van der Waals surface area contributed by atoms with Crippen molar-refractivity contribution in [1.82, 2.24) is 5.32 Å². The van der Waals surface area contributed by atoms with Crippen LogP contribution >= 0.6 is 11.8 Å². The molecule has 0 aromatic heterocycles. The zero-order chi connectivity index (χ0) is 18.2. The molecule has 1 amide bonds. The molecule has 25 heavy (non-hydrogen) atoms. The van der Waals surface area contributed by atoms with E-state index in [2.05, 4.69) is 5.32 Å². The van der Waals surface area contributed by atoms with Gasteiger partial charge in [0, 0.05) is 11.5 Å². The number of ether oxygens (including phenoxy) is 2. The van der Waals surface area contributed by atoms with Crippen molar-refractivity contribution in [2.45, 2.75) is 49.3 Å². The van der Waals surface area contributed by atoms with E-state index in [0.717, 1.165) is 29.9 Å². The van der Waals surface area contributed by atoms with Crippen LogP contribution in [0.4, 0.5) is 0 Å². The predicted molar refractivity (Wildman–Crippen MR) is 95.7 cm³/mol. The molecule has 0 spiro atoms. The molecule has 1 saturated heterocycles. The van der Waals surface area contributed by atoms with E-state index in [4.69, 9.17) is 14.6 Å². The Labute approximate surface area is 152 Å². The van der Waals surface area contributed by atoms with E-state index in [-0.39, 0.29) is 18.4 Å². The molecule has 3 unspecified atom stereocenters. The highest BCUT2D eigenvalue weighted by atomic mass is 32.2. The second-order valence-corrected chi connectivity index (χ2v) is 6.92. The average molecular weight is 367 g/mol. The van der Waals surface area contributed by atoms with Crippen LogP contribution in [0.25, 0.3) is 0 Å². The molecular formula is C18H25NO5S. The Balaban J connectivity index is 1.94. The first-order valence-corrected chi connectivity index (χ1v) is 9.61. The molecule has 1 fully saturated rings. The number of carbonyl (C=O) groups is 2. The van der Waals surface area contributed by atoms with Crippen molar-refractivity contribution in [1.29, 1.82) is 0 Å². The minimum atomic E-state index is -0.966. The predicted octanol–water partition coefficient (Wildman–Crippen LogP) is 2.62. The van der Waals surface area contributed by atoms with E-state index in [1.807, 2.05) is 30.5 Å². The van der Waals surface area contributed by atoms with E-state index < -0.39 is 18.1 Å². The van der Waals surface area contributed by atoms with Gasteiger partial charge in [0.05, 0.1) is 25.2 Å². The van der Waals surface area contributed by atoms with E-state index in [1.165, 1.54) is 0 Å². The summed E-state index contributed by atoms with van der Waals surface area (Å²) in [6.07, 6.45) is 3.13. The zero-order valence-electron chi connectivity index (χ0n) is 14.6. The van der Waals surface area contributed by atoms with Crippen molar-refractivity contribution in [3.05, 3.63) is 29.8 Å². The number of aliphatic carboxylic acids is 1. The molecule has 2 rings (SSSR count). The molecule has 0 bridgehead atoms. The minimum absolute atomic E-state index is 0.0455. The molecular weight excluding hydrogens is 342 g/mol. The average Bonchev–Trinajstić information content (AvgIpc) is 3.12. The molecule has 1 aliphatic heterocycles. The zero-order valence-corrected chi connectivity index (χ0v) is 15.4. The number of carboxylic acids is 1. The quantitative estimate of drug-likeness (QED) is 0.653. The van der Waals surface area contributed by atoms with Gasteiger partial charge in [0.2, 0.25) is 5.91 Å². The number of nitrogens with one attached hydrogen (secondary N) is 1. The fraction of sp³-hybridized carbons (Fsp3) is 0.556. The Kier molecular flexibility index (Phi) is 7.74. The third kappa shape index (κ3) is 6.34. The van der Waals surface area contributed by atoms with Crippen LogP contribution in [0, 0.1) is 0 Å². The first-order valence-electron chi connectivity index (χ1n) is 8.39. The van der Waals surface area contributed by atoms with Crippen LogP contribution < -0.4 is 5.32 Å². The Bertz CT molecular complexity index is 571. The topological polar surface area (TPSA) is 84.9 Å². The monoisotopic (exact) mass is 367 g/mol. The highest BCUT2D eigenvalue weighted by Gasteiger charge is 2.23. The normalized spacial score (nSPS) is 19.4. The summed E-state index contributed by atoms with van der Waals surface area (Å²) in [5, 5.41) is 11.9. The summed E-state index contributed by atoms with van der Waals surface area (Å²) in [6, 6.07) is 6.93. The number of rotatable bonds is 9. The number of amides is 1. The number of hydrogen-bond acceptors (Lipinski definition) is 5. The van der Waals surface area contributed by atoms with Gasteiger partial charge in [-0.3, -0.25) is 9.59 Å². The van der Waals surface area contributed by atoms with Gasteiger partial charge in [-0.15, -0.1) is 11.8 Å². The maximum absolute atomic E-state index is 12.4. The Morgan fingerprint density at radius 3 is 2.68 bits per heavy atom. The van der Waals surface area contributed by atoms with Crippen molar-refractivity contribution < 1.29 is 24.2 Å². The molecule has 1 aromatic rings. The van der Waals surface area contributed by atoms with Crippen LogP contribution in [0.2, 0.25) is 0 Å². The van der Waals surface area contributed by atoms with E-state index >= 15 is 0 Å². The Hall–Kier alpha value is -1.57. The first-order chi connectivity index (χ1) is 12.0. The highest BCUT2D eigenvalue weighted by Crippen LogP contribution is 2.22. The summed E-state index contributed by atoms with van der Waals surface area (Å²) < 4.78 is 11.0. The summed E-state index contributed by atoms with van der Waals surface area (Å²) >= 11 is 1.60. The first kappa shape index (κ1) is 19.8. The van der Waals surface area contributed by atoms with Gasteiger partial charge in [0.25, 0.3) is 0 Å². The number of hydrogen-bond donors (Lipinski definition) is 2. The van der Waals surface area contributed by atoms with Gasteiger partial charge in [-0.25, -0.2) is 0 Å². The summed E-state index contributed by atoms with van der Waals surface area (Å²) in [4.78, 5) is 24.6. The number of carbonyl (C=O) groups excluding carboxylic acids is 1. The molecule has 138 valence electrons. The van der Waals surface area contributed by atoms with Crippen LogP contribution in [0.1, 0.15) is 37.8 Å².